The standard InChI is InChI=1S/C28H40O6/c1-27(2,20-8-12-23(13-9-20)33-25(29-4)30-5)21-16-18-28(3,19-17-21)22-10-14-24(15-11-22)34-26(31-6)32-7/h8-15,21,25-26H,16-19H2,1-7H3. The second-order valence-corrected chi connectivity index (χ2v) is 9.86. The van der Waals surface area contributed by atoms with Crippen LogP contribution < -0.4 is 9.47 Å². The van der Waals surface area contributed by atoms with Crippen molar-refractivity contribution in [2.24, 2.45) is 5.92 Å². The number of ether oxygens (including phenoxy) is 6. The van der Waals surface area contributed by atoms with E-state index < -0.39 is 13.0 Å². The maximum atomic E-state index is 5.68. The Morgan fingerprint density at radius 2 is 1.12 bits per heavy atom. The van der Waals surface area contributed by atoms with E-state index in [1.165, 1.54) is 24.0 Å². The van der Waals surface area contributed by atoms with Crippen LogP contribution >= 0.6 is 0 Å². The molecule has 0 bridgehead atoms. The molecule has 0 spiro atoms. The van der Waals surface area contributed by atoms with Crippen molar-refractivity contribution in [1.82, 2.24) is 0 Å². The van der Waals surface area contributed by atoms with E-state index in [0.717, 1.165) is 24.3 Å². The molecule has 0 unspecified atom stereocenters. The first-order valence-corrected chi connectivity index (χ1v) is 11.9. The van der Waals surface area contributed by atoms with E-state index in [-0.39, 0.29) is 10.8 Å². The van der Waals surface area contributed by atoms with E-state index in [9.17, 15) is 0 Å². The van der Waals surface area contributed by atoms with Crippen LogP contribution in [0.2, 0.25) is 0 Å². The van der Waals surface area contributed by atoms with Crippen LogP contribution in [0.5, 0.6) is 11.5 Å². The van der Waals surface area contributed by atoms with Gasteiger partial charge in [-0.1, -0.05) is 45.0 Å². The average molecular weight is 473 g/mol. The van der Waals surface area contributed by atoms with Gasteiger partial charge in [-0.2, -0.15) is 0 Å². The fourth-order valence-electron chi connectivity index (χ4n) is 5.01. The zero-order valence-corrected chi connectivity index (χ0v) is 21.6. The lowest BCUT2D eigenvalue weighted by atomic mass is 9.60. The van der Waals surface area contributed by atoms with Crippen LogP contribution in [-0.4, -0.2) is 41.4 Å². The summed E-state index contributed by atoms with van der Waals surface area (Å²) in [6.45, 7) is 5.71. The van der Waals surface area contributed by atoms with Crippen LogP contribution in [0.15, 0.2) is 48.5 Å². The normalized spacial score (nSPS) is 21.1. The predicted octanol–water partition coefficient (Wildman–Crippen LogP) is 6.02. The van der Waals surface area contributed by atoms with Gasteiger partial charge in [-0.25, -0.2) is 0 Å². The number of hydrogen-bond acceptors (Lipinski definition) is 6. The Kier molecular flexibility index (Phi) is 8.99. The first kappa shape index (κ1) is 26.5. The first-order chi connectivity index (χ1) is 16.3. The molecular formula is C28H40O6. The van der Waals surface area contributed by atoms with Crippen molar-refractivity contribution in [2.75, 3.05) is 28.4 Å². The molecule has 2 aromatic rings. The molecule has 0 aliphatic heterocycles. The fraction of sp³-hybridized carbons (Fsp3) is 0.571. The first-order valence-electron chi connectivity index (χ1n) is 11.9. The third-order valence-electron chi connectivity index (χ3n) is 7.49. The van der Waals surface area contributed by atoms with E-state index in [1.54, 1.807) is 28.4 Å². The third kappa shape index (κ3) is 6.11. The topological polar surface area (TPSA) is 55.4 Å². The van der Waals surface area contributed by atoms with E-state index in [1.807, 2.05) is 24.3 Å². The van der Waals surface area contributed by atoms with Gasteiger partial charge < -0.3 is 28.4 Å². The average Bonchev–Trinajstić information content (AvgIpc) is 2.86. The van der Waals surface area contributed by atoms with Crippen molar-refractivity contribution in [3.63, 3.8) is 0 Å². The molecule has 0 saturated heterocycles. The molecule has 0 aromatic heterocycles. The molecule has 2 aromatic carbocycles. The summed E-state index contributed by atoms with van der Waals surface area (Å²) in [6, 6.07) is 16.7. The van der Waals surface area contributed by atoms with Gasteiger partial charge >= 0.3 is 13.0 Å². The van der Waals surface area contributed by atoms with Gasteiger partial charge in [0.2, 0.25) is 0 Å². The molecule has 0 heterocycles. The zero-order valence-electron chi connectivity index (χ0n) is 21.6. The summed E-state index contributed by atoms with van der Waals surface area (Å²) in [4.78, 5) is 0. The summed E-state index contributed by atoms with van der Waals surface area (Å²) in [5.41, 5.74) is 2.93. The Morgan fingerprint density at radius 3 is 1.53 bits per heavy atom. The molecule has 188 valence electrons. The second kappa shape index (κ2) is 11.5. The summed E-state index contributed by atoms with van der Waals surface area (Å²) >= 11 is 0. The smallest absolute Gasteiger partial charge is 0.315 e. The van der Waals surface area contributed by atoms with Gasteiger partial charge in [0, 0.05) is 28.4 Å². The lowest BCUT2D eigenvalue weighted by Gasteiger charge is -2.44. The molecule has 1 fully saturated rings. The quantitative estimate of drug-likeness (QED) is 0.373. The van der Waals surface area contributed by atoms with Crippen molar-refractivity contribution in [3.05, 3.63) is 59.7 Å². The number of methoxy groups -OCH3 is 4. The van der Waals surface area contributed by atoms with Crippen LogP contribution in [0, 0.1) is 5.92 Å². The molecule has 0 N–H and O–H groups in total. The highest BCUT2D eigenvalue weighted by molar-refractivity contribution is 5.34. The summed E-state index contributed by atoms with van der Waals surface area (Å²) in [7, 11) is 6.24. The van der Waals surface area contributed by atoms with Crippen LogP contribution in [-0.2, 0) is 29.8 Å². The van der Waals surface area contributed by atoms with Gasteiger partial charge in [0.15, 0.2) is 0 Å². The van der Waals surface area contributed by atoms with Crippen LogP contribution in [0.3, 0.4) is 0 Å². The van der Waals surface area contributed by atoms with Crippen LogP contribution in [0.1, 0.15) is 57.6 Å². The van der Waals surface area contributed by atoms with E-state index in [0.29, 0.717) is 5.92 Å². The van der Waals surface area contributed by atoms with Crippen molar-refractivity contribution in [3.8, 4) is 11.5 Å². The van der Waals surface area contributed by atoms with E-state index in [2.05, 4.69) is 45.0 Å². The maximum absolute atomic E-state index is 5.68. The number of rotatable bonds is 11. The molecule has 0 amide bonds. The minimum atomic E-state index is -0.697. The summed E-state index contributed by atoms with van der Waals surface area (Å²) in [5.74, 6) is 2.09. The summed E-state index contributed by atoms with van der Waals surface area (Å²) < 4.78 is 31.8. The Hall–Kier alpha value is -2.12. The minimum absolute atomic E-state index is 0.0782. The van der Waals surface area contributed by atoms with Gasteiger partial charge in [-0.3, -0.25) is 0 Å². The van der Waals surface area contributed by atoms with E-state index >= 15 is 0 Å². The van der Waals surface area contributed by atoms with Crippen molar-refractivity contribution in [2.45, 2.75) is 70.2 Å². The Labute approximate surface area is 204 Å². The van der Waals surface area contributed by atoms with Crippen LogP contribution in [0.4, 0.5) is 0 Å². The molecule has 0 atom stereocenters. The predicted molar refractivity (Wildman–Crippen MR) is 132 cm³/mol. The highest BCUT2D eigenvalue weighted by atomic mass is 16.8. The molecule has 1 aliphatic carbocycles. The van der Waals surface area contributed by atoms with Gasteiger partial charge in [0.25, 0.3) is 0 Å². The largest absolute Gasteiger partial charge is 0.441 e. The Morgan fingerprint density at radius 1 is 0.706 bits per heavy atom. The highest BCUT2D eigenvalue weighted by Gasteiger charge is 2.39. The number of benzene rings is 2. The van der Waals surface area contributed by atoms with Crippen molar-refractivity contribution < 1.29 is 28.4 Å². The fourth-order valence-corrected chi connectivity index (χ4v) is 5.01. The minimum Gasteiger partial charge on any atom is -0.441 e. The molecule has 6 nitrogen and oxygen atoms in total. The van der Waals surface area contributed by atoms with Gasteiger partial charge in [-0.15, -0.1) is 0 Å². The molecule has 1 aliphatic rings. The second-order valence-electron chi connectivity index (χ2n) is 9.86. The van der Waals surface area contributed by atoms with Gasteiger partial charge in [0.05, 0.1) is 0 Å². The molecule has 34 heavy (non-hydrogen) atoms. The van der Waals surface area contributed by atoms with Crippen LogP contribution in [0.25, 0.3) is 0 Å². The monoisotopic (exact) mass is 472 g/mol. The molecule has 3 rings (SSSR count). The van der Waals surface area contributed by atoms with E-state index in [4.69, 9.17) is 28.4 Å². The van der Waals surface area contributed by atoms with Crippen molar-refractivity contribution in [1.29, 1.82) is 0 Å². The summed E-state index contributed by atoms with van der Waals surface area (Å²) in [5, 5.41) is 0. The van der Waals surface area contributed by atoms with Crippen molar-refractivity contribution >= 4 is 0 Å². The molecule has 6 heteroatoms. The Bertz CT molecular complexity index is 861. The Balaban J connectivity index is 1.62. The lowest BCUT2D eigenvalue weighted by molar-refractivity contribution is -0.219. The summed E-state index contributed by atoms with van der Waals surface area (Å²) in [6.07, 6.45) is 4.69. The number of hydrogen-bond donors (Lipinski definition) is 0. The SMILES string of the molecule is COC(OC)Oc1ccc(C2(C)CCC(C(C)(C)c3ccc(OC(OC)OC)cc3)CC2)cc1. The third-order valence-corrected chi connectivity index (χ3v) is 7.49. The zero-order chi connectivity index (χ0) is 24.8. The molecule has 1 saturated carbocycles. The highest BCUT2D eigenvalue weighted by Crippen LogP contribution is 2.48. The lowest BCUT2D eigenvalue weighted by Crippen LogP contribution is -2.37. The van der Waals surface area contributed by atoms with Gasteiger partial charge in [0.1, 0.15) is 11.5 Å². The molecular weight excluding hydrogens is 432 g/mol. The molecule has 0 radical (unpaired) electrons. The van der Waals surface area contributed by atoms with Gasteiger partial charge in [-0.05, 0) is 77.8 Å². The maximum Gasteiger partial charge on any atom is 0.315 e.